The third kappa shape index (κ3) is 7.07. The van der Waals surface area contributed by atoms with Gasteiger partial charge in [-0.25, -0.2) is 14.3 Å². The van der Waals surface area contributed by atoms with Crippen molar-refractivity contribution in [2.75, 3.05) is 26.3 Å². The van der Waals surface area contributed by atoms with Gasteiger partial charge in [0.25, 0.3) is 18.2 Å². The predicted octanol–water partition coefficient (Wildman–Crippen LogP) is 1.54. The summed E-state index contributed by atoms with van der Waals surface area (Å²) < 4.78 is 31.6. The van der Waals surface area contributed by atoms with Crippen LogP contribution in [0, 0.1) is 11.8 Å². The van der Waals surface area contributed by atoms with Crippen LogP contribution in [0.15, 0.2) is 48.5 Å². The molecule has 1 aliphatic heterocycles. The third-order valence-electron chi connectivity index (χ3n) is 5.64. The molecule has 2 aromatic carbocycles. The molecule has 2 amide bonds. The van der Waals surface area contributed by atoms with E-state index < -0.39 is 29.9 Å². The molecule has 0 aromatic heterocycles. The molecule has 1 saturated heterocycles. The molecule has 4 N–H and O–H groups in total. The number of halogens is 2. The van der Waals surface area contributed by atoms with Crippen molar-refractivity contribution < 1.29 is 33.4 Å². The first kappa shape index (κ1) is 26.2. The summed E-state index contributed by atoms with van der Waals surface area (Å²) in [5.41, 5.74) is 0.962. The van der Waals surface area contributed by atoms with Crippen molar-refractivity contribution in [3.63, 3.8) is 0 Å². The Morgan fingerprint density at radius 3 is 2.11 bits per heavy atom. The average molecular weight is 488 g/mol. The van der Waals surface area contributed by atoms with Gasteiger partial charge < -0.3 is 15.2 Å². The van der Waals surface area contributed by atoms with E-state index in [-0.39, 0.29) is 5.56 Å². The number of aliphatic hydroxyl groups is 1. The fourth-order valence-electron chi connectivity index (χ4n) is 3.44. The van der Waals surface area contributed by atoms with E-state index in [9.17, 15) is 23.5 Å². The second-order valence-electron chi connectivity index (χ2n) is 8.32. The van der Waals surface area contributed by atoms with E-state index in [1.165, 1.54) is 23.2 Å². The number of carbonyl (C=O) groups is 2. The van der Waals surface area contributed by atoms with Crippen molar-refractivity contribution in [2.45, 2.75) is 31.5 Å². The van der Waals surface area contributed by atoms with Gasteiger partial charge in [0.05, 0.1) is 13.2 Å². The van der Waals surface area contributed by atoms with E-state index >= 15 is 0 Å². The minimum absolute atomic E-state index is 0.0591. The lowest BCUT2D eigenvalue weighted by molar-refractivity contribution is -0.149. The minimum Gasteiger partial charge on any atom is -0.381 e. The summed E-state index contributed by atoms with van der Waals surface area (Å²) in [4.78, 5) is 26.5. The van der Waals surface area contributed by atoms with Gasteiger partial charge in [-0.1, -0.05) is 24.0 Å². The van der Waals surface area contributed by atoms with Crippen LogP contribution in [0.4, 0.5) is 8.78 Å². The first-order chi connectivity index (χ1) is 16.7. The lowest BCUT2D eigenvalue weighted by Gasteiger charge is -2.30. The molecule has 10 heteroatoms. The molecule has 35 heavy (non-hydrogen) atoms. The number of rotatable bonds is 7. The maximum atomic E-state index is 13.1. The fraction of sp³-hybridized carbons (Fsp3) is 0.360. The molecule has 0 saturated carbocycles. The summed E-state index contributed by atoms with van der Waals surface area (Å²) in [7, 11) is 0. The summed E-state index contributed by atoms with van der Waals surface area (Å²) in [5, 5.41) is 20.7. The Bertz CT molecular complexity index is 1070. The van der Waals surface area contributed by atoms with Crippen molar-refractivity contribution in [1.82, 2.24) is 15.7 Å². The minimum atomic E-state index is -3.35. The molecule has 186 valence electrons. The maximum Gasteiger partial charge on any atom is 0.269 e. The van der Waals surface area contributed by atoms with Crippen molar-refractivity contribution in [1.29, 1.82) is 0 Å². The highest BCUT2D eigenvalue weighted by molar-refractivity contribution is 5.97. The van der Waals surface area contributed by atoms with Crippen LogP contribution in [-0.2, 0) is 16.1 Å². The average Bonchev–Trinajstić information content (AvgIpc) is 2.87. The molecule has 0 aliphatic carbocycles. The molecule has 1 aliphatic rings. The molecule has 0 spiro atoms. The quantitative estimate of drug-likeness (QED) is 0.268. The number of hydroxylamine groups is 1. The molecule has 0 unspecified atom stereocenters. The number of morpholine rings is 1. The molecule has 1 heterocycles. The van der Waals surface area contributed by atoms with Gasteiger partial charge in [0.15, 0.2) is 5.60 Å². The van der Waals surface area contributed by atoms with Crippen molar-refractivity contribution in [2.24, 2.45) is 0 Å². The molecule has 0 bridgehead atoms. The Hall–Kier alpha value is -3.36. The molecule has 0 radical (unpaired) electrons. The number of hydrogen-bond acceptors (Lipinski definition) is 6. The zero-order valence-corrected chi connectivity index (χ0v) is 19.1. The summed E-state index contributed by atoms with van der Waals surface area (Å²) in [6.45, 7) is 4.87. The van der Waals surface area contributed by atoms with Gasteiger partial charge in [-0.2, -0.15) is 0 Å². The van der Waals surface area contributed by atoms with Crippen LogP contribution >= 0.6 is 0 Å². The van der Waals surface area contributed by atoms with Gasteiger partial charge in [0.1, 0.15) is 6.04 Å². The monoisotopic (exact) mass is 487 g/mol. The Morgan fingerprint density at radius 1 is 1.06 bits per heavy atom. The normalized spacial score (nSPS) is 16.5. The number of ether oxygens (including phenoxy) is 1. The summed E-state index contributed by atoms with van der Waals surface area (Å²) in [6, 6.07) is 11.8. The highest BCUT2D eigenvalue weighted by Crippen LogP contribution is 2.20. The number of hydrogen-bond donors (Lipinski definition) is 4. The van der Waals surface area contributed by atoms with E-state index in [0.29, 0.717) is 12.5 Å². The number of amides is 2. The lowest BCUT2D eigenvalue weighted by Crippen LogP contribution is -2.61. The zero-order valence-electron chi connectivity index (χ0n) is 19.1. The molecule has 3 rings (SSSR count). The van der Waals surface area contributed by atoms with E-state index in [1.807, 2.05) is 29.6 Å². The Labute approximate surface area is 201 Å². The van der Waals surface area contributed by atoms with Crippen LogP contribution in [0.1, 0.15) is 34.0 Å². The summed E-state index contributed by atoms with van der Waals surface area (Å²) in [6.07, 6.45) is -3.35. The predicted molar refractivity (Wildman–Crippen MR) is 123 cm³/mol. The van der Waals surface area contributed by atoms with E-state index in [2.05, 4.69) is 16.7 Å². The van der Waals surface area contributed by atoms with Crippen LogP contribution in [0.25, 0.3) is 0 Å². The number of alkyl halides is 2. The van der Waals surface area contributed by atoms with Gasteiger partial charge in [0, 0.05) is 36.3 Å². The Morgan fingerprint density at radius 2 is 1.60 bits per heavy atom. The van der Waals surface area contributed by atoms with Gasteiger partial charge in [-0.15, -0.1) is 0 Å². The second kappa shape index (κ2) is 11.9. The fourth-order valence-corrected chi connectivity index (χ4v) is 3.44. The van der Waals surface area contributed by atoms with E-state index in [4.69, 9.17) is 9.94 Å². The summed E-state index contributed by atoms with van der Waals surface area (Å²) in [5.74, 6) is 3.78. The van der Waals surface area contributed by atoms with Gasteiger partial charge in [-0.05, 0) is 48.9 Å². The van der Waals surface area contributed by atoms with Crippen LogP contribution in [0.2, 0.25) is 0 Å². The molecular weight excluding hydrogens is 460 g/mol. The zero-order chi connectivity index (χ0) is 25.4. The second-order valence-corrected chi connectivity index (χ2v) is 8.32. The highest BCUT2D eigenvalue weighted by atomic mass is 19.3. The largest absolute Gasteiger partial charge is 0.381 e. The molecule has 1 fully saturated rings. The van der Waals surface area contributed by atoms with Crippen molar-refractivity contribution >= 4 is 11.8 Å². The highest BCUT2D eigenvalue weighted by Gasteiger charge is 2.46. The maximum absolute atomic E-state index is 13.1. The first-order valence-electron chi connectivity index (χ1n) is 11.0. The smallest absolute Gasteiger partial charge is 0.269 e. The van der Waals surface area contributed by atoms with Crippen LogP contribution in [-0.4, -0.2) is 71.4 Å². The van der Waals surface area contributed by atoms with Crippen LogP contribution in [0.5, 0.6) is 0 Å². The van der Waals surface area contributed by atoms with Crippen molar-refractivity contribution in [3.8, 4) is 11.8 Å². The molecular formula is C25H27F2N3O5. The van der Waals surface area contributed by atoms with Gasteiger partial charge >= 0.3 is 0 Å². The lowest BCUT2D eigenvalue weighted by atomic mass is 9.95. The molecule has 2 atom stereocenters. The van der Waals surface area contributed by atoms with E-state index in [1.54, 1.807) is 12.1 Å². The number of benzene rings is 2. The number of carbonyl (C=O) groups excluding carboxylic acids is 2. The number of nitrogens with one attached hydrogen (secondary N) is 2. The topological polar surface area (TPSA) is 111 Å². The Balaban J connectivity index is 1.62. The Kier molecular flexibility index (Phi) is 8.89. The molecule has 8 nitrogen and oxygen atoms in total. The standard InChI is InChI=1S/C25H27F2N3O5/c1-25(33,24(26)27)21(23(32)29-34)28-22(31)20-10-8-18(9-11-20)3-2-17-4-6-19(7-5-17)16-30-12-14-35-15-13-30/h4-11,21,24,33-34H,12-16H2,1H3,(H,28,31)(H,29,32)/t21-,25+/m1/s1. The van der Waals surface area contributed by atoms with Gasteiger partial charge in [-0.3, -0.25) is 19.7 Å². The first-order valence-corrected chi connectivity index (χ1v) is 11.0. The van der Waals surface area contributed by atoms with Crippen LogP contribution < -0.4 is 10.8 Å². The molecule has 2 aromatic rings. The van der Waals surface area contributed by atoms with Crippen molar-refractivity contribution in [3.05, 3.63) is 70.8 Å². The number of nitrogens with zero attached hydrogens (tertiary/aromatic N) is 1. The summed E-state index contributed by atoms with van der Waals surface area (Å²) >= 11 is 0. The van der Waals surface area contributed by atoms with E-state index in [0.717, 1.165) is 38.4 Å². The third-order valence-corrected chi connectivity index (χ3v) is 5.64. The van der Waals surface area contributed by atoms with Crippen LogP contribution in [0.3, 0.4) is 0 Å². The van der Waals surface area contributed by atoms with Gasteiger partial charge in [0.2, 0.25) is 0 Å². The SMILES string of the molecule is C[C@@](O)(C(F)F)[C@H](NC(=O)c1ccc(C#Cc2ccc(CN3CCOCC3)cc2)cc1)C(=O)NO.